The molecule has 1 heterocycles. The third-order valence-electron chi connectivity index (χ3n) is 4.10. The fourth-order valence-corrected chi connectivity index (χ4v) is 2.81. The van der Waals surface area contributed by atoms with E-state index in [1.165, 1.54) is 0 Å². The third-order valence-corrected chi connectivity index (χ3v) is 4.10. The lowest BCUT2D eigenvalue weighted by atomic mass is 10.2. The van der Waals surface area contributed by atoms with E-state index in [1.54, 1.807) is 4.90 Å². The molecule has 0 aliphatic carbocycles. The topological polar surface area (TPSA) is 58.6 Å². The Hall–Kier alpha value is -2.82. The summed E-state index contributed by atoms with van der Waals surface area (Å²) in [7, 11) is 0. The normalized spacial score (nSPS) is 13.8. The monoisotopic (exact) mass is 338 g/mol. The molecular formula is C20H22N2O3. The summed E-state index contributed by atoms with van der Waals surface area (Å²) in [4.78, 5) is 25.5. The summed E-state index contributed by atoms with van der Waals surface area (Å²) in [6, 6.07) is 17.0. The number of carbonyl (C=O) groups excluding carboxylic acids is 2. The second-order valence-electron chi connectivity index (χ2n) is 6.01. The second kappa shape index (κ2) is 8.33. The van der Waals surface area contributed by atoms with Gasteiger partial charge >= 0.3 is 0 Å². The number of hydrogen-bond acceptors (Lipinski definition) is 3. The lowest BCUT2D eigenvalue weighted by molar-refractivity contribution is -0.117. The molecule has 0 unspecified atom stereocenters. The smallest absolute Gasteiger partial charge is 0.227 e. The van der Waals surface area contributed by atoms with E-state index in [0.29, 0.717) is 25.9 Å². The highest BCUT2D eigenvalue weighted by Crippen LogP contribution is 2.23. The number of rotatable bonds is 7. The molecule has 3 rings (SSSR count). The Labute approximate surface area is 147 Å². The first kappa shape index (κ1) is 17.0. The van der Waals surface area contributed by atoms with Crippen molar-refractivity contribution >= 4 is 23.2 Å². The maximum absolute atomic E-state index is 12.0. The standard InChI is InChI=1S/C20H22N2O3/c23-19(8-5-15-25-18-6-2-1-3-7-18)21-16-10-12-17(13-11-16)22-14-4-9-20(22)24/h1-3,6-7,10-13H,4-5,8-9,14-15H2,(H,21,23). The van der Waals surface area contributed by atoms with Gasteiger partial charge in [-0.2, -0.15) is 0 Å². The minimum absolute atomic E-state index is 0.0401. The van der Waals surface area contributed by atoms with Crippen molar-refractivity contribution in [3.8, 4) is 5.75 Å². The number of amides is 2. The predicted molar refractivity (Wildman–Crippen MR) is 97.8 cm³/mol. The largest absolute Gasteiger partial charge is 0.494 e. The van der Waals surface area contributed by atoms with E-state index in [4.69, 9.17) is 4.74 Å². The average molecular weight is 338 g/mol. The molecule has 0 saturated carbocycles. The first-order valence-electron chi connectivity index (χ1n) is 8.60. The highest BCUT2D eigenvalue weighted by molar-refractivity contribution is 5.96. The van der Waals surface area contributed by atoms with Crippen molar-refractivity contribution in [2.75, 3.05) is 23.4 Å². The van der Waals surface area contributed by atoms with Gasteiger partial charge in [-0.1, -0.05) is 18.2 Å². The van der Waals surface area contributed by atoms with Crippen LogP contribution in [0.5, 0.6) is 5.75 Å². The number of anilines is 2. The van der Waals surface area contributed by atoms with Gasteiger partial charge in [0.15, 0.2) is 0 Å². The van der Waals surface area contributed by atoms with Crippen LogP contribution in [0.25, 0.3) is 0 Å². The Kier molecular flexibility index (Phi) is 5.67. The summed E-state index contributed by atoms with van der Waals surface area (Å²) in [6.07, 6.45) is 2.58. The van der Waals surface area contributed by atoms with Crippen molar-refractivity contribution in [3.63, 3.8) is 0 Å². The number of benzene rings is 2. The van der Waals surface area contributed by atoms with Crippen LogP contribution in [0.2, 0.25) is 0 Å². The van der Waals surface area contributed by atoms with Gasteiger partial charge in [0.25, 0.3) is 0 Å². The first-order chi connectivity index (χ1) is 12.2. The molecule has 1 fully saturated rings. The maximum Gasteiger partial charge on any atom is 0.227 e. The van der Waals surface area contributed by atoms with Crippen LogP contribution < -0.4 is 15.0 Å². The van der Waals surface area contributed by atoms with Crippen LogP contribution in [-0.2, 0) is 9.59 Å². The van der Waals surface area contributed by atoms with Gasteiger partial charge in [0, 0.05) is 30.8 Å². The van der Waals surface area contributed by atoms with Crippen LogP contribution in [0.1, 0.15) is 25.7 Å². The van der Waals surface area contributed by atoms with Crippen LogP contribution >= 0.6 is 0 Å². The highest BCUT2D eigenvalue weighted by atomic mass is 16.5. The van der Waals surface area contributed by atoms with Crippen LogP contribution in [0.3, 0.4) is 0 Å². The summed E-state index contributed by atoms with van der Waals surface area (Å²) in [5.74, 6) is 0.937. The summed E-state index contributed by atoms with van der Waals surface area (Å²) >= 11 is 0. The fourth-order valence-electron chi connectivity index (χ4n) is 2.81. The summed E-state index contributed by atoms with van der Waals surface area (Å²) < 4.78 is 5.57. The molecule has 0 aromatic heterocycles. The van der Waals surface area contributed by atoms with Gasteiger partial charge in [0.2, 0.25) is 11.8 Å². The molecule has 0 radical (unpaired) electrons. The van der Waals surface area contributed by atoms with Gasteiger partial charge < -0.3 is 15.0 Å². The Bertz CT molecular complexity index is 713. The summed E-state index contributed by atoms with van der Waals surface area (Å²) in [6.45, 7) is 1.28. The van der Waals surface area contributed by atoms with Crippen LogP contribution in [-0.4, -0.2) is 25.0 Å². The molecule has 5 nitrogen and oxygen atoms in total. The van der Waals surface area contributed by atoms with Gasteiger partial charge in [-0.25, -0.2) is 0 Å². The molecule has 1 aliphatic heterocycles. The van der Waals surface area contributed by atoms with Crippen LogP contribution in [0.4, 0.5) is 11.4 Å². The zero-order chi connectivity index (χ0) is 17.5. The maximum atomic E-state index is 12.0. The number of ether oxygens (including phenoxy) is 1. The zero-order valence-electron chi connectivity index (χ0n) is 14.1. The number of nitrogens with one attached hydrogen (secondary N) is 1. The van der Waals surface area contributed by atoms with Crippen molar-refractivity contribution < 1.29 is 14.3 Å². The molecule has 5 heteroatoms. The Balaban J connectivity index is 1.41. The van der Waals surface area contributed by atoms with Crippen molar-refractivity contribution in [2.24, 2.45) is 0 Å². The SMILES string of the molecule is O=C(CCCOc1ccccc1)Nc1ccc(N2CCCC2=O)cc1. The Morgan fingerprint density at radius 1 is 1.08 bits per heavy atom. The van der Waals surface area contributed by atoms with E-state index in [-0.39, 0.29) is 11.8 Å². The van der Waals surface area contributed by atoms with Crippen molar-refractivity contribution in [1.82, 2.24) is 0 Å². The quantitative estimate of drug-likeness (QED) is 0.785. The van der Waals surface area contributed by atoms with Gasteiger partial charge in [-0.15, -0.1) is 0 Å². The van der Waals surface area contributed by atoms with E-state index in [1.807, 2.05) is 54.6 Å². The molecular weight excluding hydrogens is 316 g/mol. The molecule has 1 N–H and O–H groups in total. The molecule has 1 saturated heterocycles. The van der Waals surface area contributed by atoms with Gasteiger partial charge in [-0.05, 0) is 49.2 Å². The van der Waals surface area contributed by atoms with E-state index in [9.17, 15) is 9.59 Å². The Morgan fingerprint density at radius 2 is 1.84 bits per heavy atom. The first-order valence-corrected chi connectivity index (χ1v) is 8.60. The van der Waals surface area contributed by atoms with E-state index in [2.05, 4.69) is 5.32 Å². The van der Waals surface area contributed by atoms with E-state index >= 15 is 0 Å². The van der Waals surface area contributed by atoms with Crippen LogP contribution in [0, 0.1) is 0 Å². The third kappa shape index (κ3) is 4.83. The molecule has 2 aromatic carbocycles. The van der Waals surface area contributed by atoms with Gasteiger partial charge in [-0.3, -0.25) is 9.59 Å². The molecule has 2 aromatic rings. The van der Waals surface area contributed by atoms with E-state index < -0.39 is 0 Å². The summed E-state index contributed by atoms with van der Waals surface area (Å²) in [5.41, 5.74) is 1.63. The number of hydrogen-bond donors (Lipinski definition) is 1. The van der Waals surface area contributed by atoms with Crippen molar-refractivity contribution in [3.05, 3.63) is 54.6 Å². The Morgan fingerprint density at radius 3 is 2.52 bits per heavy atom. The lowest BCUT2D eigenvalue weighted by Crippen LogP contribution is -2.23. The van der Waals surface area contributed by atoms with Crippen molar-refractivity contribution in [2.45, 2.75) is 25.7 Å². The average Bonchev–Trinajstić information content (AvgIpc) is 3.06. The number of nitrogens with zero attached hydrogens (tertiary/aromatic N) is 1. The minimum Gasteiger partial charge on any atom is -0.494 e. The predicted octanol–water partition coefficient (Wildman–Crippen LogP) is 3.61. The van der Waals surface area contributed by atoms with E-state index in [0.717, 1.165) is 30.1 Å². The minimum atomic E-state index is -0.0401. The molecule has 130 valence electrons. The number of carbonyl (C=O) groups is 2. The fraction of sp³-hybridized carbons (Fsp3) is 0.300. The van der Waals surface area contributed by atoms with Crippen LogP contribution in [0.15, 0.2) is 54.6 Å². The number of para-hydroxylation sites is 1. The van der Waals surface area contributed by atoms with Gasteiger partial charge in [0.1, 0.15) is 5.75 Å². The lowest BCUT2D eigenvalue weighted by Gasteiger charge is -2.16. The molecule has 0 bridgehead atoms. The molecule has 25 heavy (non-hydrogen) atoms. The highest BCUT2D eigenvalue weighted by Gasteiger charge is 2.21. The van der Waals surface area contributed by atoms with Gasteiger partial charge in [0.05, 0.1) is 6.61 Å². The molecule has 1 aliphatic rings. The zero-order valence-corrected chi connectivity index (χ0v) is 14.1. The molecule has 2 amide bonds. The second-order valence-corrected chi connectivity index (χ2v) is 6.01. The molecule has 0 spiro atoms. The molecule has 0 atom stereocenters. The van der Waals surface area contributed by atoms with Crippen molar-refractivity contribution in [1.29, 1.82) is 0 Å². The summed E-state index contributed by atoms with van der Waals surface area (Å²) in [5, 5.41) is 2.87.